The van der Waals surface area contributed by atoms with Crippen LogP contribution in [0.25, 0.3) is 64.6 Å². The van der Waals surface area contributed by atoms with E-state index in [9.17, 15) is 0 Å². The van der Waals surface area contributed by atoms with Gasteiger partial charge in [0.05, 0.1) is 0 Å². The molecule has 2 heteroatoms. The van der Waals surface area contributed by atoms with Crippen LogP contribution in [0.15, 0.2) is 164 Å². The molecule has 0 aliphatic carbocycles. The highest BCUT2D eigenvalue weighted by molar-refractivity contribution is 8.26. The molecule has 0 unspecified atom stereocenters. The van der Waals surface area contributed by atoms with Crippen molar-refractivity contribution in [1.29, 1.82) is 0 Å². The van der Waals surface area contributed by atoms with Crippen molar-refractivity contribution in [3.8, 4) is 0 Å². The zero-order chi connectivity index (χ0) is 29.3. The van der Waals surface area contributed by atoms with Crippen LogP contribution >= 0.6 is 6.04 Å². The van der Waals surface area contributed by atoms with Crippen LogP contribution in [0.3, 0.4) is 0 Å². The first-order valence-corrected chi connectivity index (χ1v) is 17.9. The molecule has 0 bridgehead atoms. The predicted molar refractivity (Wildman–Crippen MR) is 198 cm³/mol. The highest BCUT2D eigenvalue weighted by atomic mass is 32.4. The number of benzene rings is 9. The molecular formula is C42H27PS. The second-order valence-corrected chi connectivity index (χ2v) is 15.9. The van der Waals surface area contributed by atoms with Gasteiger partial charge >= 0.3 is 0 Å². The van der Waals surface area contributed by atoms with Crippen molar-refractivity contribution in [3.05, 3.63) is 164 Å². The van der Waals surface area contributed by atoms with Crippen LogP contribution in [0.2, 0.25) is 0 Å². The van der Waals surface area contributed by atoms with E-state index in [1.807, 2.05) is 0 Å². The summed E-state index contributed by atoms with van der Waals surface area (Å²) in [5.41, 5.74) is 0. The molecule has 0 nitrogen and oxygen atoms in total. The van der Waals surface area contributed by atoms with Gasteiger partial charge in [0.15, 0.2) is 0 Å². The molecule has 0 aliphatic heterocycles. The highest BCUT2D eigenvalue weighted by Crippen LogP contribution is 2.51. The summed E-state index contributed by atoms with van der Waals surface area (Å²) in [6.45, 7) is 0. The average Bonchev–Trinajstić information content (AvgIpc) is 3.10. The van der Waals surface area contributed by atoms with Gasteiger partial charge in [-0.1, -0.05) is 157 Å². The Bertz CT molecular complexity index is 2360. The van der Waals surface area contributed by atoms with E-state index in [1.165, 1.54) is 80.5 Å². The second kappa shape index (κ2) is 9.86. The molecule has 0 aromatic heterocycles. The fourth-order valence-electron chi connectivity index (χ4n) is 7.27. The Balaban J connectivity index is 1.55. The molecule has 9 aromatic rings. The third-order valence-electron chi connectivity index (χ3n) is 9.26. The minimum absolute atomic E-state index is 1.23. The highest BCUT2D eigenvalue weighted by Gasteiger charge is 2.32. The van der Waals surface area contributed by atoms with Gasteiger partial charge in [0.1, 0.15) is 0 Å². The molecule has 0 aliphatic rings. The first-order chi connectivity index (χ1) is 21.7. The Labute approximate surface area is 261 Å². The zero-order valence-corrected chi connectivity index (χ0v) is 25.7. The van der Waals surface area contributed by atoms with E-state index >= 15 is 0 Å². The maximum atomic E-state index is 7.38. The van der Waals surface area contributed by atoms with Gasteiger partial charge < -0.3 is 0 Å². The molecule has 44 heavy (non-hydrogen) atoms. The van der Waals surface area contributed by atoms with Gasteiger partial charge in [0.2, 0.25) is 0 Å². The molecule has 0 heterocycles. The quantitative estimate of drug-likeness (QED) is 0.145. The molecule has 206 valence electrons. The fourth-order valence-corrected chi connectivity index (χ4v) is 12.0. The van der Waals surface area contributed by atoms with Gasteiger partial charge in [-0.15, -0.1) is 0 Å². The zero-order valence-electron chi connectivity index (χ0n) is 23.9. The number of hydrogen-bond acceptors (Lipinski definition) is 1. The van der Waals surface area contributed by atoms with E-state index in [1.54, 1.807) is 0 Å². The SMILES string of the molecule is S=P(c1cc2ccccc2c2ccccc12)(c1cc2ccccc2c2ccccc12)c1cc2ccccc2c2ccccc12. The lowest BCUT2D eigenvalue weighted by Gasteiger charge is -2.30. The summed E-state index contributed by atoms with van der Waals surface area (Å²) in [7, 11) is 0. The smallest absolute Gasteiger partial charge is 0.0398 e. The normalized spacial score (nSPS) is 12.2. The van der Waals surface area contributed by atoms with Gasteiger partial charge in [-0.3, -0.25) is 0 Å². The van der Waals surface area contributed by atoms with Gasteiger partial charge in [-0.05, 0) is 82.8 Å². The van der Waals surface area contributed by atoms with Crippen molar-refractivity contribution in [1.82, 2.24) is 0 Å². The van der Waals surface area contributed by atoms with E-state index in [0.717, 1.165) is 0 Å². The standard InChI is InChI=1S/C42H27PS/c44-43(40-25-28-13-1-4-16-31(28)34-19-7-10-22-37(34)40,41-26-29-14-2-5-17-32(29)35-20-8-11-23-38(35)41)42-27-30-15-3-6-18-33(30)36-21-9-12-24-39(36)42/h1-27H. The molecule has 0 fully saturated rings. The van der Waals surface area contributed by atoms with Gasteiger partial charge in [-0.25, -0.2) is 0 Å². The maximum absolute atomic E-state index is 7.38. The van der Waals surface area contributed by atoms with Crippen LogP contribution in [-0.2, 0) is 11.8 Å². The summed E-state index contributed by atoms with van der Waals surface area (Å²) in [4.78, 5) is 0. The Morgan fingerprint density at radius 3 is 0.795 bits per heavy atom. The molecule has 0 atom stereocenters. The van der Waals surface area contributed by atoms with Gasteiger partial charge in [0, 0.05) is 22.0 Å². The van der Waals surface area contributed by atoms with Crippen LogP contribution in [0.1, 0.15) is 0 Å². The molecule has 0 spiro atoms. The molecule has 0 saturated heterocycles. The Morgan fingerprint density at radius 1 is 0.273 bits per heavy atom. The first kappa shape index (κ1) is 25.7. The molecule has 0 saturated carbocycles. The van der Waals surface area contributed by atoms with Crippen LogP contribution in [-0.4, -0.2) is 0 Å². The summed E-state index contributed by atoms with van der Waals surface area (Å²) in [5.74, 6) is 0. The van der Waals surface area contributed by atoms with Crippen molar-refractivity contribution in [2.45, 2.75) is 0 Å². The van der Waals surface area contributed by atoms with E-state index in [2.05, 4.69) is 164 Å². The molecular weight excluding hydrogens is 568 g/mol. The minimum atomic E-state index is -2.69. The average molecular weight is 595 g/mol. The number of fused-ring (bicyclic) bond motifs is 9. The Kier molecular flexibility index (Phi) is 5.75. The Morgan fingerprint density at radius 2 is 0.500 bits per heavy atom. The minimum Gasteiger partial charge on any atom is -0.0825 e. The summed E-state index contributed by atoms with van der Waals surface area (Å²) in [5, 5.41) is 18.7. The first-order valence-electron chi connectivity index (χ1n) is 15.0. The van der Waals surface area contributed by atoms with E-state index in [-0.39, 0.29) is 0 Å². The lowest BCUT2D eigenvalue weighted by Crippen LogP contribution is -2.27. The monoisotopic (exact) mass is 594 g/mol. The maximum Gasteiger partial charge on any atom is 0.0398 e. The Hall–Kier alpha value is -4.81. The molecule has 0 N–H and O–H groups in total. The van der Waals surface area contributed by atoms with Crippen molar-refractivity contribution in [2.75, 3.05) is 0 Å². The van der Waals surface area contributed by atoms with Crippen LogP contribution in [0.4, 0.5) is 0 Å². The largest absolute Gasteiger partial charge is 0.0825 e. The van der Waals surface area contributed by atoms with E-state index in [0.29, 0.717) is 0 Å². The van der Waals surface area contributed by atoms with Crippen molar-refractivity contribution >= 4 is 98.4 Å². The van der Waals surface area contributed by atoms with Gasteiger partial charge in [0.25, 0.3) is 0 Å². The molecule has 9 aromatic carbocycles. The van der Waals surface area contributed by atoms with Crippen molar-refractivity contribution < 1.29 is 0 Å². The van der Waals surface area contributed by atoms with Crippen molar-refractivity contribution in [3.63, 3.8) is 0 Å². The van der Waals surface area contributed by atoms with Crippen LogP contribution in [0, 0.1) is 0 Å². The third kappa shape index (κ3) is 3.67. The van der Waals surface area contributed by atoms with E-state index in [4.69, 9.17) is 11.8 Å². The van der Waals surface area contributed by atoms with Gasteiger partial charge in [-0.2, -0.15) is 0 Å². The number of hydrogen-bond donors (Lipinski definition) is 0. The lowest BCUT2D eigenvalue weighted by atomic mass is 10.0. The number of rotatable bonds is 3. The third-order valence-corrected chi connectivity index (χ3v) is 14.2. The van der Waals surface area contributed by atoms with Crippen LogP contribution in [0.5, 0.6) is 0 Å². The molecule has 9 rings (SSSR count). The lowest BCUT2D eigenvalue weighted by molar-refractivity contribution is 1.77. The fraction of sp³-hybridized carbons (Fsp3) is 0. The summed E-state index contributed by atoms with van der Waals surface area (Å²) in [6, 6.07) is 57.4. The molecule has 0 amide bonds. The summed E-state index contributed by atoms with van der Waals surface area (Å²) >= 11 is 7.38. The predicted octanol–water partition coefficient (Wildman–Crippen LogP) is 10.4. The van der Waals surface area contributed by atoms with E-state index < -0.39 is 6.04 Å². The molecule has 0 radical (unpaired) electrons. The van der Waals surface area contributed by atoms with Crippen LogP contribution < -0.4 is 15.9 Å². The topological polar surface area (TPSA) is 0 Å². The second-order valence-electron chi connectivity index (χ2n) is 11.6. The summed E-state index contributed by atoms with van der Waals surface area (Å²) in [6.07, 6.45) is 0. The summed E-state index contributed by atoms with van der Waals surface area (Å²) < 4.78 is 0. The van der Waals surface area contributed by atoms with Crippen molar-refractivity contribution in [2.24, 2.45) is 0 Å².